The van der Waals surface area contributed by atoms with Crippen LogP contribution in [-0.2, 0) is 4.79 Å². The number of nitrogens with zero attached hydrogens (tertiary/aromatic N) is 4. The van der Waals surface area contributed by atoms with Crippen LogP contribution in [0.25, 0.3) is 11.6 Å². The minimum absolute atomic E-state index is 0.201. The van der Waals surface area contributed by atoms with Gasteiger partial charge in [-0.3, -0.25) is 4.79 Å². The van der Waals surface area contributed by atoms with Crippen LogP contribution in [0.1, 0.15) is 25.0 Å². The summed E-state index contributed by atoms with van der Waals surface area (Å²) in [5, 5.41) is 12.1. The van der Waals surface area contributed by atoms with Crippen molar-refractivity contribution in [2.75, 3.05) is 18.8 Å². The van der Waals surface area contributed by atoms with Crippen molar-refractivity contribution in [3.8, 4) is 11.6 Å². The van der Waals surface area contributed by atoms with Crippen LogP contribution in [0.4, 0.5) is 0 Å². The van der Waals surface area contributed by atoms with Crippen LogP contribution in [0.15, 0.2) is 20.2 Å². The highest BCUT2D eigenvalue weighted by molar-refractivity contribution is 7.99. The van der Waals surface area contributed by atoms with Crippen LogP contribution in [0.2, 0.25) is 0 Å². The molecule has 3 rings (SSSR count). The first kappa shape index (κ1) is 14.1. The van der Waals surface area contributed by atoms with Gasteiger partial charge in [0.1, 0.15) is 5.76 Å². The molecule has 1 fully saturated rings. The monoisotopic (exact) mass is 308 g/mol. The first-order valence-corrected chi connectivity index (χ1v) is 7.89. The average molecular weight is 308 g/mol. The number of hydrogen-bond donors (Lipinski definition) is 0. The predicted octanol–water partition coefficient (Wildman–Crippen LogP) is 2.14. The summed E-state index contributed by atoms with van der Waals surface area (Å²) < 4.78 is 10.4. The van der Waals surface area contributed by atoms with E-state index in [1.165, 1.54) is 11.8 Å². The summed E-state index contributed by atoms with van der Waals surface area (Å²) in [5.41, 5.74) is 0.528. The Kier molecular flexibility index (Phi) is 4.23. The lowest BCUT2D eigenvalue weighted by Crippen LogP contribution is -2.27. The standard InChI is InChI=1S/C13H16N4O3S/c1-9-8-10(16-20-9)12-14-15-13(19-12)21-7-4-11(18)17-5-2-3-6-17/h8H,2-7H2,1H3. The molecule has 1 saturated heterocycles. The summed E-state index contributed by atoms with van der Waals surface area (Å²) >= 11 is 1.38. The number of likely N-dealkylation sites (tertiary alicyclic amines) is 1. The fraction of sp³-hybridized carbons (Fsp3) is 0.538. The molecule has 112 valence electrons. The molecule has 0 atom stereocenters. The lowest BCUT2D eigenvalue weighted by molar-refractivity contribution is -0.129. The maximum absolute atomic E-state index is 11.9. The summed E-state index contributed by atoms with van der Waals surface area (Å²) in [4.78, 5) is 13.8. The summed E-state index contributed by atoms with van der Waals surface area (Å²) in [6.07, 6.45) is 2.72. The van der Waals surface area contributed by atoms with Crippen molar-refractivity contribution in [2.45, 2.75) is 31.4 Å². The van der Waals surface area contributed by atoms with Gasteiger partial charge >= 0.3 is 0 Å². The molecular weight excluding hydrogens is 292 g/mol. The molecule has 1 aliphatic heterocycles. The molecule has 0 unspecified atom stereocenters. The lowest BCUT2D eigenvalue weighted by Gasteiger charge is -2.14. The van der Waals surface area contributed by atoms with Gasteiger partial charge in [0.25, 0.3) is 11.1 Å². The molecule has 1 aliphatic rings. The first-order valence-electron chi connectivity index (χ1n) is 6.90. The molecule has 0 radical (unpaired) electrons. The maximum atomic E-state index is 11.9. The van der Waals surface area contributed by atoms with Gasteiger partial charge in [-0.1, -0.05) is 16.9 Å². The third kappa shape index (κ3) is 3.44. The Bertz CT molecular complexity index is 618. The second kappa shape index (κ2) is 6.30. The Hall–Kier alpha value is -1.83. The van der Waals surface area contributed by atoms with Gasteiger partial charge in [-0.25, -0.2) is 0 Å². The zero-order chi connectivity index (χ0) is 14.7. The van der Waals surface area contributed by atoms with Crippen molar-refractivity contribution < 1.29 is 13.7 Å². The molecule has 2 aromatic heterocycles. The SMILES string of the molecule is Cc1cc(-c2nnc(SCCC(=O)N3CCCC3)o2)no1. The van der Waals surface area contributed by atoms with E-state index in [9.17, 15) is 4.79 Å². The topological polar surface area (TPSA) is 85.3 Å². The van der Waals surface area contributed by atoms with Crippen molar-refractivity contribution in [1.29, 1.82) is 0 Å². The smallest absolute Gasteiger partial charge is 0.276 e. The average Bonchev–Trinajstić information content (AvgIpc) is 3.19. The molecule has 2 aromatic rings. The number of thioether (sulfide) groups is 1. The molecule has 8 heteroatoms. The molecule has 0 aromatic carbocycles. The molecule has 1 amide bonds. The van der Waals surface area contributed by atoms with Gasteiger partial charge in [0.2, 0.25) is 5.91 Å². The van der Waals surface area contributed by atoms with Crippen LogP contribution in [0.3, 0.4) is 0 Å². The number of carbonyl (C=O) groups is 1. The molecule has 21 heavy (non-hydrogen) atoms. The van der Waals surface area contributed by atoms with E-state index >= 15 is 0 Å². The van der Waals surface area contributed by atoms with Gasteiger partial charge in [0.05, 0.1) is 0 Å². The molecule has 3 heterocycles. The number of aryl methyl sites for hydroxylation is 1. The van der Waals surface area contributed by atoms with E-state index in [0.717, 1.165) is 25.9 Å². The largest absolute Gasteiger partial charge is 0.409 e. The minimum Gasteiger partial charge on any atom is -0.409 e. The van der Waals surface area contributed by atoms with Gasteiger partial charge in [-0.15, -0.1) is 10.2 Å². The highest BCUT2D eigenvalue weighted by Crippen LogP contribution is 2.23. The van der Waals surface area contributed by atoms with Gasteiger partial charge in [0, 0.05) is 31.3 Å². The maximum Gasteiger partial charge on any atom is 0.276 e. The second-order valence-electron chi connectivity index (χ2n) is 4.88. The molecule has 0 bridgehead atoms. The van der Waals surface area contributed by atoms with Crippen molar-refractivity contribution >= 4 is 17.7 Å². The normalized spacial score (nSPS) is 14.8. The fourth-order valence-corrected chi connectivity index (χ4v) is 2.88. The molecule has 0 saturated carbocycles. The molecule has 7 nitrogen and oxygen atoms in total. The van der Waals surface area contributed by atoms with Gasteiger partial charge in [-0.2, -0.15) is 0 Å². The Balaban J connectivity index is 1.49. The van der Waals surface area contributed by atoms with Crippen molar-refractivity contribution in [1.82, 2.24) is 20.3 Å². The van der Waals surface area contributed by atoms with Gasteiger partial charge in [0.15, 0.2) is 5.69 Å². The zero-order valence-electron chi connectivity index (χ0n) is 11.7. The van der Waals surface area contributed by atoms with E-state index in [1.54, 1.807) is 13.0 Å². The third-order valence-electron chi connectivity index (χ3n) is 3.25. The van der Waals surface area contributed by atoms with Crippen LogP contribution in [0, 0.1) is 6.92 Å². The van der Waals surface area contributed by atoms with Gasteiger partial charge < -0.3 is 13.8 Å². The van der Waals surface area contributed by atoms with E-state index in [1.807, 2.05) is 4.90 Å². The fourth-order valence-electron chi connectivity index (χ4n) is 2.19. The lowest BCUT2D eigenvalue weighted by atomic mass is 10.4. The Morgan fingerprint density at radius 2 is 2.19 bits per heavy atom. The molecule has 0 aliphatic carbocycles. The zero-order valence-corrected chi connectivity index (χ0v) is 12.6. The minimum atomic E-state index is 0.201. The third-order valence-corrected chi connectivity index (χ3v) is 4.07. The Morgan fingerprint density at radius 3 is 2.90 bits per heavy atom. The first-order chi connectivity index (χ1) is 10.2. The van der Waals surface area contributed by atoms with Crippen LogP contribution < -0.4 is 0 Å². The molecule has 0 N–H and O–H groups in total. The number of hydrogen-bond acceptors (Lipinski definition) is 7. The van der Waals surface area contributed by atoms with Crippen molar-refractivity contribution in [3.63, 3.8) is 0 Å². The summed E-state index contributed by atoms with van der Waals surface area (Å²) in [7, 11) is 0. The van der Waals surface area contributed by atoms with Crippen LogP contribution in [-0.4, -0.2) is 45.0 Å². The van der Waals surface area contributed by atoms with Crippen molar-refractivity contribution in [2.24, 2.45) is 0 Å². The van der Waals surface area contributed by atoms with Crippen molar-refractivity contribution in [3.05, 3.63) is 11.8 Å². The highest BCUT2D eigenvalue weighted by Gasteiger charge is 2.18. The van der Waals surface area contributed by atoms with Gasteiger partial charge in [-0.05, 0) is 19.8 Å². The predicted molar refractivity (Wildman–Crippen MR) is 75.7 cm³/mol. The highest BCUT2D eigenvalue weighted by atomic mass is 32.2. The quantitative estimate of drug-likeness (QED) is 0.782. The van der Waals surface area contributed by atoms with Crippen LogP contribution >= 0.6 is 11.8 Å². The van der Waals surface area contributed by atoms with E-state index in [4.69, 9.17) is 8.94 Å². The Morgan fingerprint density at radius 1 is 1.38 bits per heavy atom. The van der Waals surface area contributed by atoms with Crippen LogP contribution in [0.5, 0.6) is 0 Å². The van der Waals surface area contributed by atoms with E-state index in [2.05, 4.69) is 15.4 Å². The summed E-state index contributed by atoms with van der Waals surface area (Å²) in [6.45, 7) is 3.58. The Labute approximate surface area is 126 Å². The summed E-state index contributed by atoms with van der Waals surface area (Å²) in [6, 6.07) is 1.73. The molecule has 0 spiro atoms. The van der Waals surface area contributed by atoms with E-state index in [0.29, 0.717) is 34.7 Å². The number of carbonyl (C=O) groups excluding carboxylic acids is 1. The number of amides is 1. The van der Waals surface area contributed by atoms with E-state index in [-0.39, 0.29) is 5.91 Å². The number of rotatable bonds is 5. The number of aromatic nitrogens is 3. The second-order valence-corrected chi connectivity index (χ2v) is 5.93. The van der Waals surface area contributed by atoms with E-state index < -0.39 is 0 Å². The summed E-state index contributed by atoms with van der Waals surface area (Å²) in [5.74, 6) is 1.86. The molecular formula is C13H16N4O3S.